The first kappa shape index (κ1) is 15.7. The van der Waals surface area contributed by atoms with Crippen LogP contribution in [0.2, 0.25) is 0 Å². The minimum Gasteiger partial charge on any atom is -0.465 e. The summed E-state index contributed by atoms with van der Waals surface area (Å²) in [7, 11) is 0. The Kier molecular flexibility index (Phi) is 4.20. The lowest BCUT2D eigenvalue weighted by molar-refractivity contribution is -0.144. The zero-order valence-corrected chi connectivity index (χ0v) is 13.8. The van der Waals surface area contributed by atoms with E-state index in [0.29, 0.717) is 17.9 Å². The van der Waals surface area contributed by atoms with Crippen molar-refractivity contribution in [3.8, 4) is 0 Å². The summed E-state index contributed by atoms with van der Waals surface area (Å²) in [5, 5.41) is 5.98. The van der Waals surface area contributed by atoms with Gasteiger partial charge in [0.25, 0.3) is 5.56 Å². The number of rotatable bonds is 5. The highest BCUT2D eigenvalue weighted by Gasteiger charge is 2.25. The first-order valence-electron chi connectivity index (χ1n) is 8.21. The van der Waals surface area contributed by atoms with Gasteiger partial charge in [-0.25, -0.2) is 4.68 Å². The van der Waals surface area contributed by atoms with Gasteiger partial charge in [0.05, 0.1) is 17.7 Å². The highest BCUT2D eigenvalue weighted by atomic mass is 16.5. The Bertz CT molecular complexity index is 804. The van der Waals surface area contributed by atoms with Gasteiger partial charge in [0.1, 0.15) is 6.54 Å². The molecular formula is C18H22N2O3. The normalized spacial score (nSPS) is 14.4. The molecule has 5 nitrogen and oxygen atoms in total. The predicted octanol–water partition coefficient (Wildman–Crippen LogP) is 2.96. The van der Waals surface area contributed by atoms with Gasteiger partial charge in [-0.2, -0.15) is 5.10 Å². The molecule has 1 aliphatic rings. The molecule has 122 valence electrons. The Morgan fingerprint density at radius 2 is 2.09 bits per heavy atom. The van der Waals surface area contributed by atoms with Gasteiger partial charge in [-0.3, -0.25) is 9.59 Å². The van der Waals surface area contributed by atoms with E-state index in [1.807, 2.05) is 26.0 Å². The van der Waals surface area contributed by atoms with Crippen molar-refractivity contribution in [2.24, 2.45) is 0 Å². The molecule has 0 atom stereocenters. The van der Waals surface area contributed by atoms with E-state index >= 15 is 0 Å². The molecule has 23 heavy (non-hydrogen) atoms. The van der Waals surface area contributed by atoms with Crippen molar-refractivity contribution in [3.63, 3.8) is 0 Å². The summed E-state index contributed by atoms with van der Waals surface area (Å²) in [6, 6.07) is 6.01. The number of benzene rings is 1. The van der Waals surface area contributed by atoms with Gasteiger partial charge < -0.3 is 4.74 Å². The van der Waals surface area contributed by atoms with E-state index in [0.717, 1.165) is 11.1 Å². The Balaban J connectivity index is 2.12. The Morgan fingerprint density at radius 1 is 1.35 bits per heavy atom. The number of esters is 1. The van der Waals surface area contributed by atoms with Crippen molar-refractivity contribution in [2.45, 2.75) is 52.0 Å². The second-order valence-corrected chi connectivity index (χ2v) is 6.39. The van der Waals surface area contributed by atoms with E-state index < -0.39 is 5.97 Å². The third-order valence-corrected chi connectivity index (χ3v) is 4.19. The average molecular weight is 314 g/mol. The summed E-state index contributed by atoms with van der Waals surface area (Å²) in [5.74, 6) is 0.355. The van der Waals surface area contributed by atoms with E-state index in [2.05, 4.69) is 11.2 Å². The van der Waals surface area contributed by atoms with Gasteiger partial charge in [0.2, 0.25) is 0 Å². The summed E-state index contributed by atoms with van der Waals surface area (Å²) in [6.45, 7) is 5.98. The Morgan fingerprint density at radius 3 is 2.70 bits per heavy atom. The smallest absolute Gasteiger partial charge is 0.327 e. The number of fused-ring (bicyclic) bond motifs is 1. The van der Waals surface area contributed by atoms with Crippen LogP contribution in [-0.2, 0) is 16.1 Å². The summed E-state index contributed by atoms with van der Waals surface area (Å²) >= 11 is 0. The standard InChI is InChI=1S/C18H22N2O3/c1-4-23-16(21)10-20-18(22)14-8-7-13(12-5-6-12)9-15(14)17(19-20)11(2)3/h7-9,11-12H,4-6,10H2,1-3H3. The van der Waals surface area contributed by atoms with E-state index in [1.165, 1.54) is 23.1 Å². The van der Waals surface area contributed by atoms with Gasteiger partial charge in [0.15, 0.2) is 0 Å². The number of hydrogen-bond acceptors (Lipinski definition) is 4. The molecule has 1 heterocycles. The van der Waals surface area contributed by atoms with Crippen LogP contribution in [-0.4, -0.2) is 22.4 Å². The lowest BCUT2D eigenvalue weighted by Gasteiger charge is -2.14. The van der Waals surface area contributed by atoms with Gasteiger partial charge >= 0.3 is 5.97 Å². The summed E-state index contributed by atoms with van der Waals surface area (Å²) < 4.78 is 6.16. The van der Waals surface area contributed by atoms with E-state index in [4.69, 9.17) is 4.74 Å². The number of nitrogens with zero attached hydrogens (tertiary/aromatic N) is 2. The average Bonchev–Trinajstić information content (AvgIpc) is 3.34. The van der Waals surface area contributed by atoms with Crippen LogP contribution in [0.3, 0.4) is 0 Å². The molecule has 5 heteroatoms. The topological polar surface area (TPSA) is 61.2 Å². The van der Waals surface area contributed by atoms with Crippen LogP contribution in [0.4, 0.5) is 0 Å². The number of carbonyl (C=O) groups is 1. The van der Waals surface area contributed by atoms with Crippen molar-refractivity contribution in [2.75, 3.05) is 6.61 Å². The molecule has 0 spiro atoms. The first-order chi connectivity index (χ1) is 11.0. The van der Waals surface area contributed by atoms with Gasteiger partial charge in [0, 0.05) is 5.39 Å². The Labute approximate surface area is 135 Å². The molecule has 1 aromatic heterocycles. The molecule has 0 amide bonds. The van der Waals surface area contributed by atoms with E-state index in [9.17, 15) is 9.59 Å². The molecule has 0 saturated heterocycles. The fraction of sp³-hybridized carbons (Fsp3) is 0.500. The fourth-order valence-electron chi connectivity index (χ4n) is 2.86. The van der Waals surface area contributed by atoms with Crippen molar-refractivity contribution in [1.29, 1.82) is 0 Å². The van der Waals surface area contributed by atoms with Gasteiger partial charge in [-0.15, -0.1) is 0 Å². The minimum absolute atomic E-state index is 0.146. The molecule has 0 aliphatic heterocycles. The molecule has 2 aromatic rings. The summed E-state index contributed by atoms with van der Waals surface area (Å²) in [4.78, 5) is 24.3. The summed E-state index contributed by atoms with van der Waals surface area (Å²) in [6.07, 6.45) is 2.44. The van der Waals surface area contributed by atoms with Crippen LogP contribution >= 0.6 is 0 Å². The molecular weight excluding hydrogens is 292 g/mol. The van der Waals surface area contributed by atoms with Crippen molar-refractivity contribution in [3.05, 3.63) is 39.8 Å². The zero-order valence-electron chi connectivity index (χ0n) is 13.8. The van der Waals surface area contributed by atoms with Gasteiger partial charge in [-0.1, -0.05) is 19.9 Å². The Hall–Kier alpha value is -2.17. The molecule has 1 fully saturated rings. The maximum Gasteiger partial charge on any atom is 0.327 e. The molecule has 0 radical (unpaired) electrons. The molecule has 1 aliphatic carbocycles. The summed E-state index contributed by atoms with van der Waals surface area (Å²) in [5.41, 5.74) is 1.90. The molecule has 0 N–H and O–H groups in total. The molecule has 0 bridgehead atoms. The van der Waals surface area contributed by atoms with Crippen molar-refractivity contribution in [1.82, 2.24) is 9.78 Å². The van der Waals surface area contributed by atoms with Crippen LogP contribution in [0.15, 0.2) is 23.0 Å². The fourth-order valence-corrected chi connectivity index (χ4v) is 2.86. The van der Waals surface area contributed by atoms with Crippen LogP contribution < -0.4 is 5.56 Å². The third-order valence-electron chi connectivity index (χ3n) is 4.19. The van der Waals surface area contributed by atoms with Crippen LogP contribution in [0.1, 0.15) is 56.7 Å². The second-order valence-electron chi connectivity index (χ2n) is 6.39. The molecule has 1 saturated carbocycles. The highest BCUT2D eigenvalue weighted by Crippen LogP contribution is 2.41. The number of hydrogen-bond donors (Lipinski definition) is 0. The lowest BCUT2D eigenvalue weighted by atomic mass is 9.99. The molecule has 1 aromatic carbocycles. The molecule has 3 rings (SSSR count). The van der Waals surface area contributed by atoms with Gasteiger partial charge in [-0.05, 0) is 49.3 Å². The SMILES string of the molecule is CCOC(=O)Cn1nc(C(C)C)c2cc(C3CC3)ccc2c1=O. The maximum absolute atomic E-state index is 12.6. The maximum atomic E-state index is 12.6. The molecule has 0 unspecified atom stereocenters. The number of ether oxygens (including phenoxy) is 1. The zero-order chi connectivity index (χ0) is 16.6. The largest absolute Gasteiger partial charge is 0.465 e. The quantitative estimate of drug-likeness (QED) is 0.796. The van der Waals surface area contributed by atoms with Crippen molar-refractivity contribution >= 4 is 16.7 Å². The van der Waals surface area contributed by atoms with Crippen LogP contribution in [0, 0.1) is 0 Å². The van der Waals surface area contributed by atoms with E-state index in [1.54, 1.807) is 6.92 Å². The number of carbonyl (C=O) groups excluding carboxylic acids is 1. The lowest BCUT2D eigenvalue weighted by Crippen LogP contribution is -2.29. The van der Waals surface area contributed by atoms with Crippen LogP contribution in [0.5, 0.6) is 0 Å². The predicted molar refractivity (Wildman–Crippen MR) is 88.7 cm³/mol. The third kappa shape index (κ3) is 3.14. The first-order valence-corrected chi connectivity index (χ1v) is 8.21. The van der Waals surface area contributed by atoms with Crippen molar-refractivity contribution < 1.29 is 9.53 Å². The monoisotopic (exact) mass is 314 g/mol. The number of aromatic nitrogens is 2. The second kappa shape index (κ2) is 6.14. The van der Waals surface area contributed by atoms with Crippen LogP contribution in [0.25, 0.3) is 10.8 Å². The van der Waals surface area contributed by atoms with E-state index in [-0.39, 0.29) is 18.0 Å². The highest BCUT2D eigenvalue weighted by molar-refractivity contribution is 5.85. The minimum atomic E-state index is -0.439.